The third-order valence-electron chi connectivity index (χ3n) is 4.10. The topological polar surface area (TPSA) is 59.1 Å². The molecule has 0 amide bonds. The molecule has 4 atom stereocenters. The molecule has 17 heavy (non-hydrogen) atoms. The second-order valence-corrected chi connectivity index (χ2v) is 5.16. The van der Waals surface area contributed by atoms with Crippen LogP contribution in [0.4, 0.5) is 0 Å². The molecule has 94 valence electrons. The van der Waals surface area contributed by atoms with E-state index >= 15 is 0 Å². The molecule has 2 rings (SSSR count). The van der Waals surface area contributed by atoms with Gasteiger partial charge in [0.15, 0.2) is 0 Å². The van der Waals surface area contributed by atoms with Gasteiger partial charge >= 0.3 is 0 Å². The first-order valence-electron chi connectivity index (χ1n) is 6.53. The smallest absolute Gasteiger partial charge is 0.0666 e. The number of aromatic nitrogens is 1. The first-order valence-corrected chi connectivity index (χ1v) is 6.53. The van der Waals surface area contributed by atoms with Gasteiger partial charge in [0, 0.05) is 24.4 Å². The van der Waals surface area contributed by atoms with Crippen molar-refractivity contribution in [3.05, 3.63) is 30.1 Å². The van der Waals surface area contributed by atoms with Crippen molar-refractivity contribution in [1.29, 1.82) is 0 Å². The highest BCUT2D eigenvalue weighted by Crippen LogP contribution is 2.37. The van der Waals surface area contributed by atoms with E-state index in [1.54, 1.807) is 6.20 Å². The van der Waals surface area contributed by atoms with E-state index in [9.17, 15) is 5.11 Å². The summed E-state index contributed by atoms with van der Waals surface area (Å²) in [4.78, 5) is 4.33. The van der Waals surface area contributed by atoms with E-state index in [2.05, 4.69) is 11.9 Å². The maximum atomic E-state index is 10.5. The van der Waals surface area contributed by atoms with Crippen molar-refractivity contribution in [3.63, 3.8) is 0 Å². The number of rotatable bonds is 4. The molecular weight excluding hydrogens is 212 g/mol. The van der Waals surface area contributed by atoms with Gasteiger partial charge < -0.3 is 10.8 Å². The lowest BCUT2D eigenvalue weighted by molar-refractivity contribution is 0.0653. The molecular formula is C14H22N2O. The third-order valence-corrected chi connectivity index (χ3v) is 4.10. The summed E-state index contributed by atoms with van der Waals surface area (Å²) in [5.41, 5.74) is 6.74. The van der Waals surface area contributed by atoms with Crippen LogP contribution in [0.15, 0.2) is 24.4 Å². The van der Waals surface area contributed by atoms with Crippen LogP contribution in [0.3, 0.4) is 0 Å². The second-order valence-electron chi connectivity index (χ2n) is 5.16. The van der Waals surface area contributed by atoms with Crippen LogP contribution in [-0.4, -0.2) is 22.7 Å². The highest BCUT2D eigenvalue weighted by Gasteiger charge is 2.34. The van der Waals surface area contributed by atoms with Crippen molar-refractivity contribution in [1.82, 2.24) is 4.98 Å². The Morgan fingerprint density at radius 1 is 1.47 bits per heavy atom. The molecule has 1 aromatic rings. The highest BCUT2D eigenvalue weighted by molar-refractivity contribution is 5.12. The van der Waals surface area contributed by atoms with Gasteiger partial charge in [0.2, 0.25) is 0 Å². The fourth-order valence-corrected chi connectivity index (χ4v) is 3.01. The molecule has 4 unspecified atom stereocenters. The Morgan fingerprint density at radius 3 is 2.82 bits per heavy atom. The number of nitrogens with zero attached hydrogens (tertiary/aromatic N) is 1. The van der Waals surface area contributed by atoms with Gasteiger partial charge in [-0.25, -0.2) is 0 Å². The van der Waals surface area contributed by atoms with Crippen molar-refractivity contribution in [2.24, 2.45) is 17.6 Å². The first-order chi connectivity index (χ1) is 8.24. The zero-order valence-electron chi connectivity index (χ0n) is 10.4. The molecule has 0 radical (unpaired) electrons. The Kier molecular flexibility index (Phi) is 4.13. The fraction of sp³-hybridized carbons (Fsp3) is 0.643. The van der Waals surface area contributed by atoms with E-state index in [1.165, 1.54) is 12.8 Å². The van der Waals surface area contributed by atoms with Crippen LogP contribution in [0.5, 0.6) is 0 Å². The lowest BCUT2D eigenvalue weighted by Crippen LogP contribution is -2.34. The Morgan fingerprint density at radius 2 is 2.29 bits per heavy atom. The molecule has 0 spiro atoms. The van der Waals surface area contributed by atoms with E-state index in [-0.39, 0.29) is 12.0 Å². The van der Waals surface area contributed by atoms with Crippen LogP contribution in [0.1, 0.15) is 37.8 Å². The average Bonchev–Trinajstić information content (AvgIpc) is 2.77. The van der Waals surface area contributed by atoms with Crippen molar-refractivity contribution in [3.8, 4) is 0 Å². The molecule has 1 aromatic heterocycles. The normalized spacial score (nSPS) is 27.9. The second kappa shape index (κ2) is 5.61. The maximum absolute atomic E-state index is 10.5. The fourth-order valence-electron chi connectivity index (χ4n) is 3.01. The first kappa shape index (κ1) is 12.5. The lowest BCUT2D eigenvalue weighted by Gasteiger charge is -2.28. The van der Waals surface area contributed by atoms with Gasteiger partial charge in [0.05, 0.1) is 6.10 Å². The Balaban J connectivity index is 2.13. The monoisotopic (exact) mass is 234 g/mol. The molecule has 3 nitrogen and oxygen atoms in total. The summed E-state index contributed by atoms with van der Waals surface area (Å²) in [6.07, 6.45) is 4.98. The van der Waals surface area contributed by atoms with Gasteiger partial charge in [0.25, 0.3) is 0 Å². The zero-order chi connectivity index (χ0) is 12.3. The van der Waals surface area contributed by atoms with E-state index in [0.29, 0.717) is 18.4 Å². The van der Waals surface area contributed by atoms with E-state index in [1.807, 2.05) is 18.2 Å². The number of hydrogen-bond donors (Lipinski definition) is 2. The largest absolute Gasteiger partial charge is 0.392 e. The Hall–Kier alpha value is -0.930. The van der Waals surface area contributed by atoms with E-state index in [0.717, 1.165) is 12.1 Å². The SMILES string of the molecule is CC1CCCC1C(O)C(CN)c1ccccn1. The molecule has 0 aliphatic heterocycles. The van der Waals surface area contributed by atoms with Gasteiger partial charge in [-0.05, 0) is 30.4 Å². The molecule has 0 bridgehead atoms. The Labute approximate surface area is 103 Å². The van der Waals surface area contributed by atoms with E-state index < -0.39 is 0 Å². The average molecular weight is 234 g/mol. The molecule has 0 aromatic carbocycles. The molecule has 1 fully saturated rings. The minimum absolute atomic E-state index is 0.0262. The number of pyridine rings is 1. The van der Waals surface area contributed by atoms with Gasteiger partial charge in [-0.15, -0.1) is 0 Å². The zero-order valence-corrected chi connectivity index (χ0v) is 10.4. The molecule has 1 saturated carbocycles. The molecule has 1 aliphatic carbocycles. The van der Waals surface area contributed by atoms with Gasteiger partial charge in [0.1, 0.15) is 0 Å². The standard InChI is InChI=1S/C14H22N2O/c1-10-5-4-6-11(10)14(17)12(9-15)13-7-2-3-8-16-13/h2-3,7-8,10-12,14,17H,4-6,9,15H2,1H3. The van der Waals surface area contributed by atoms with Crippen LogP contribution in [0, 0.1) is 11.8 Å². The summed E-state index contributed by atoms with van der Waals surface area (Å²) < 4.78 is 0. The summed E-state index contributed by atoms with van der Waals surface area (Å²) >= 11 is 0. The third kappa shape index (κ3) is 2.67. The molecule has 0 saturated heterocycles. The lowest BCUT2D eigenvalue weighted by atomic mass is 9.83. The minimum Gasteiger partial charge on any atom is -0.392 e. The minimum atomic E-state index is -0.354. The summed E-state index contributed by atoms with van der Waals surface area (Å²) in [5, 5.41) is 10.5. The van der Waals surface area contributed by atoms with Crippen LogP contribution < -0.4 is 5.73 Å². The molecule has 1 heterocycles. The number of aliphatic hydroxyl groups is 1. The summed E-state index contributed by atoms with van der Waals surface area (Å²) in [6, 6.07) is 5.80. The van der Waals surface area contributed by atoms with Crippen molar-refractivity contribution in [2.45, 2.75) is 38.2 Å². The summed E-state index contributed by atoms with van der Waals surface area (Å²) in [7, 11) is 0. The van der Waals surface area contributed by atoms with Crippen LogP contribution in [-0.2, 0) is 0 Å². The molecule has 1 aliphatic rings. The number of nitrogens with two attached hydrogens (primary N) is 1. The predicted octanol–water partition coefficient (Wildman–Crippen LogP) is 1.92. The summed E-state index contributed by atoms with van der Waals surface area (Å²) in [6.45, 7) is 2.69. The van der Waals surface area contributed by atoms with Crippen molar-refractivity contribution < 1.29 is 5.11 Å². The Bertz CT molecular complexity index is 341. The van der Waals surface area contributed by atoms with E-state index in [4.69, 9.17) is 5.73 Å². The van der Waals surface area contributed by atoms with Crippen molar-refractivity contribution >= 4 is 0 Å². The molecule has 3 heteroatoms. The number of hydrogen-bond acceptors (Lipinski definition) is 3. The highest BCUT2D eigenvalue weighted by atomic mass is 16.3. The van der Waals surface area contributed by atoms with Crippen molar-refractivity contribution in [2.75, 3.05) is 6.54 Å². The predicted molar refractivity (Wildman–Crippen MR) is 68.5 cm³/mol. The van der Waals surface area contributed by atoms with Crippen LogP contribution >= 0.6 is 0 Å². The van der Waals surface area contributed by atoms with Gasteiger partial charge in [-0.2, -0.15) is 0 Å². The maximum Gasteiger partial charge on any atom is 0.0666 e. The molecule has 3 N–H and O–H groups in total. The quantitative estimate of drug-likeness (QED) is 0.836. The van der Waals surface area contributed by atoms with Crippen LogP contribution in [0.25, 0.3) is 0 Å². The van der Waals surface area contributed by atoms with Gasteiger partial charge in [-0.3, -0.25) is 4.98 Å². The van der Waals surface area contributed by atoms with Gasteiger partial charge in [-0.1, -0.05) is 25.8 Å². The number of aliphatic hydroxyl groups excluding tert-OH is 1. The summed E-state index contributed by atoms with van der Waals surface area (Å²) in [5.74, 6) is 0.954. The van der Waals surface area contributed by atoms with Crippen LogP contribution in [0.2, 0.25) is 0 Å².